The molecule has 0 spiro atoms. The largest absolute Gasteiger partial charge is 0.427 e. The Morgan fingerprint density at radius 2 is 1.67 bits per heavy atom. The topological polar surface area (TPSA) is 58.6 Å². The minimum atomic E-state index is -0.344. The number of rotatable bonds is 10. The Balaban J connectivity index is 1.69. The fraction of sp³-hybridized carbons (Fsp3) is 0.259. The lowest BCUT2D eigenvalue weighted by atomic mass is 10.1. The maximum Gasteiger partial charge on any atom is 0.321 e. The van der Waals surface area contributed by atoms with E-state index in [0.717, 1.165) is 34.7 Å². The smallest absolute Gasteiger partial charge is 0.321 e. The molecule has 0 radical (unpaired) electrons. The average molecular weight is 463 g/mol. The molecule has 0 bridgehead atoms. The zero-order chi connectivity index (χ0) is 23.5. The van der Waals surface area contributed by atoms with E-state index in [-0.39, 0.29) is 12.0 Å². The highest BCUT2D eigenvalue weighted by atomic mass is 32.2. The molecule has 0 aliphatic rings. The minimum absolute atomic E-state index is 0.0848. The van der Waals surface area contributed by atoms with Gasteiger partial charge >= 0.3 is 12.0 Å². The van der Waals surface area contributed by atoms with Crippen LogP contribution < -0.4 is 15.0 Å². The van der Waals surface area contributed by atoms with Gasteiger partial charge in [-0.15, -0.1) is 0 Å². The van der Waals surface area contributed by atoms with Crippen LogP contribution in [0.15, 0.2) is 88.7 Å². The number of ether oxygens (including phenoxy) is 1. The fourth-order valence-corrected chi connectivity index (χ4v) is 4.26. The fourth-order valence-electron chi connectivity index (χ4n) is 3.34. The first kappa shape index (κ1) is 24.4. The third kappa shape index (κ3) is 7.99. The van der Waals surface area contributed by atoms with Crippen LogP contribution in [-0.4, -0.2) is 25.1 Å². The molecule has 3 aromatic rings. The van der Waals surface area contributed by atoms with Crippen molar-refractivity contribution < 1.29 is 14.3 Å². The van der Waals surface area contributed by atoms with Gasteiger partial charge in [0.25, 0.3) is 0 Å². The van der Waals surface area contributed by atoms with Crippen LogP contribution in [0.5, 0.6) is 5.75 Å². The standard InChI is InChI=1S/C27H30N2O3S/c1-3-4-18-29(27(31)28-17-16-22-10-6-5-7-11-22)23-12-8-14-25(19-23)33-26-15-9-13-24(20-26)32-21(2)30/h5-15,19-20H,3-4,16-18H2,1-2H3,(H,28,31). The van der Waals surface area contributed by atoms with Gasteiger partial charge < -0.3 is 10.1 Å². The van der Waals surface area contributed by atoms with Gasteiger partial charge in [0, 0.05) is 35.5 Å². The normalized spacial score (nSPS) is 10.5. The van der Waals surface area contributed by atoms with Crippen molar-refractivity contribution in [2.45, 2.75) is 42.9 Å². The summed E-state index contributed by atoms with van der Waals surface area (Å²) in [5.41, 5.74) is 2.06. The van der Waals surface area contributed by atoms with Crippen LogP contribution >= 0.6 is 11.8 Å². The second-order valence-electron chi connectivity index (χ2n) is 7.64. The molecular formula is C27H30N2O3S. The molecule has 0 saturated heterocycles. The van der Waals surface area contributed by atoms with Crippen LogP contribution in [-0.2, 0) is 11.2 Å². The van der Waals surface area contributed by atoms with Crippen molar-refractivity contribution in [3.8, 4) is 5.75 Å². The number of carbonyl (C=O) groups is 2. The van der Waals surface area contributed by atoms with Gasteiger partial charge in [-0.05, 0) is 54.8 Å². The number of carbonyl (C=O) groups excluding carboxylic acids is 2. The highest BCUT2D eigenvalue weighted by Gasteiger charge is 2.15. The first-order valence-corrected chi connectivity index (χ1v) is 12.0. The molecule has 6 heteroatoms. The summed E-state index contributed by atoms with van der Waals surface area (Å²) in [6.45, 7) is 4.75. The molecular weight excluding hydrogens is 432 g/mol. The zero-order valence-electron chi connectivity index (χ0n) is 19.1. The molecule has 0 aromatic heterocycles. The number of benzene rings is 3. The van der Waals surface area contributed by atoms with Crippen molar-refractivity contribution in [2.75, 3.05) is 18.0 Å². The van der Waals surface area contributed by atoms with Gasteiger partial charge in [0.15, 0.2) is 0 Å². The molecule has 2 amide bonds. The Morgan fingerprint density at radius 3 is 2.39 bits per heavy atom. The summed E-state index contributed by atoms with van der Waals surface area (Å²) in [7, 11) is 0. The SMILES string of the molecule is CCCCN(C(=O)NCCc1ccccc1)c1cccc(Sc2cccc(OC(C)=O)c2)c1. The van der Waals surface area contributed by atoms with Crippen LogP contribution in [0.3, 0.4) is 0 Å². The predicted molar refractivity (Wildman–Crippen MR) is 134 cm³/mol. The highest BCUT2D eigenvalue weighted by molar-refractivity contribution is 7.99. The maximum absolute atomic E-state index is 13.0. The zero-order valence-corrected chi connectivity index (χ0v) is 19.9. The highest BCUT2D eigenvalue weighted by Crippen LogP contribution is 2.32. The molecule has 0 fully saturated rings. The molecule has 3 rings (SSSR count). The van der Waals surface area contributed by atoms with Crippen LogP contribution in [0, 0.1) is 0 Å². The molecule has 0 unspecified atom stereocenters. The maximum atomic E-state index is 13.0. The number of anilines is 1. The predicted octanol–water partition coefficient (Wildman–Crippen LogP) is 6.32. The third-order valence-electron chi connectivity index (χ3n) is 4.95. The van der Waals surface area contributed by atoms with Crippen LogP contribution in [0.25, 0.3) is 0 Å². The first-order chi connectivity index (χ1) is 16.0. The van der Waals surface area contributed by atoms with Gasteiger partial charge in [-0.1, -0.05) is 67.6 Å². The summed E-state index contributed by atoms with van der Waals surface area (Å²) in [6, 6.07) is 25.4. The van der Waals surface area contributed by atoms with E-state index in [9.17, 15) is 9.59 Å². The third-order valence-corrected chi connectivity index (χ3v) is 5.92. The van der Waals surface area contributed by atoms with Gasteiger partial charge in [-0.3, -0.25) is 9.69 Å². The van der Waals surface area contributed by atoms with Crippen molar-refractivity contribution >= 4 is 29.4 Å². The number of esters is 1. The van der Waals surface area contributed by atoms with Gasteiger partial charge in [0.1, 0.15) is 5.75 Å². The van der Waals surface area contributed by atoms with E-state index < -0.39 is 0 Å². The summed E-state index contributed by atoms with van der Waals surface area (Å²) in [4.78, 5) is 28.0. The summed E-state index contributed by atoms with van der Waals surface area (Å²) in [5, 5.41) is 3.07. The van der Waals surface area contributed by atoms with Crippen molar-refractivity contribution in [1.82, 2.24) is 5.32 Å². The van der Waals surface area contributed by atoms with Crippen LogP contribution in [0.4, 0.5) is 10.5 Å². The Labute approximate surface area is 200 Å². The number of urea groups is 1. The number of hydrogen-bond acceptors (Lipinski definition) is 4. The Kier molecular flexibility index (Phi) is 9.39. The molecule has 5 nitrogen and oxygen atoms in total. The average Bonchev–Trinajstić information content (AvgIpc) is 2.80. The van der Waals surface area contributed by atoms with Crippen LogP contribution in [0.1, 0.15) is 32.3 Å². The van der Waals surface area contributed by atoms with E-state index >= 15 is 0 Å². The molecule has 1 N–H and O–H groups in total. The lowest BCUT2D eigenvalue weighted by molar-refractivity contribution is -0.131. The van der Waals surface area contributed by atoms with Crippen molar-refractivity contribution in [3.63, 3.8) is 0 Å². The van der Waals surface area contributed by atoms with Gasteiger partial charge in [-0.2, -0.15) is 0 Å². The number of nitrogens with zero attached hydrogens (tertiary/aromatic N) is 1. The summed E-state index contributed by atoms with van der Waals surface area (Å²) < 4.78 is 5.19. The number of unbranched alkanes of at least 4 members (excludes halogenated alkanes) is 1. The molecule has 33 heavy (non-hydrogen) atoms. The Bertz CT molecular complexity index is 1060. The lowest BCUT2D eigenvalue weighted by Crippen LogP contribution is -2.41. The van der Waals surface area contributed by atoms with Gasteiger partial charge in [0.05, 0.1) is 0 Å². The van der Waals surface area contributed by atoms with E-state index in [2.05, 4.69) is 24.4 Å². The Morgan fingerprint density at radius 1 is 0.939 bits per heavy atom. The lowest BCUT2D eigenvalue weighted by Gasteiger charge is -2.24. The first-order valence-electron chi connectivity index (χ1n) is 11.2. The van der Waals surface area contributed by atoms with Gasteiger partial charge in [-0.25, -0.2) is 4.79 Å². The Hall–Kier alpha value is -3.25. The molecule has 0 aliphatic carbocycles. The molecule has 0 aliphatic heterocycles. The molecule has 0 heterocycles. The second-order valence-corrected chi connectivity index (χ2v) is 8.79. The number of hydrogen-bond donors (Lipinski definition) is 1. The van der Waals surface area contributed by atoms with Crippen molar-refractivity contribution in [3.05, 3.63) is 84.4 Å². The van der Waals surface area contributed by atoms with E-state index in [1.54, 1.807) is 17.8 Å². The summed E-state index contributed by atoms with van der Waals surface area (Å²) >= 11 is 1.56. The van der Waals surface area contributed by atoms with Crippen molar-refractivity contribution in [2.24, 2.45) is 0 Å². The van der Waals surface area contributed by atoms with E-state index in [0.29, 0.717) is 18.8 Å². The molecule has 172 valence electrons. The minimum Gasteiger partial charge on any atom is -0.427 e. The monoisotopic (exact) mass is 462 g/mol. The van der Waals surface area contributed by atoms with E-state index in [1.807, 2.05) is 65.6 Å². The second kappa shape index (κ2) is 12.7. The summed E-state index contributed by atoms with van der Waals surface area (Å²) in [5.74, 6) is 0.176. The number of nitrogens with one attached hydrogen (secondary N) is 1. The van der Waals surface area contributed by atoms with E-state index in [4.69, 9.17) is 4.74 Å². The summed E-state index contributed by atoms with van der Waals surface area (Å²) in [6.07, 6.45) is 2.72. The van der Waals surface area contributed by atoms with Crippen molar-refractivity contribution in [1.29, 1.82) is 0 Å². The van der Waals surface area contributed by atoms with Crippen LogP contribution in [0.2, 0.25) is 0 Å². The number of amides is 2. The molecule has 3 aromatic carbocycles. The molecule has 0 saturated carbocycles. The van der Waals surface area contributed by atoms with E-state index in [1.165, 1.54) is 12.5 Å². The van der Waals surface area contributed by atoms with Gasteiger partial charge in [0.2, 0.25) is 0 Å². The quantitative estimate of drug-likeness (QED) is 0.283. The molecule has 0 atom stereocenters.